The Morgan fingerprint density at radius 1 is 1.22 bits per heavy atom. The molecular formula is C16H25NO. The molecule has 0 fully saturated rings. The van der Waals surface area contributed by atoms with E-state index in [0.29, 0.717) is 6.42 Å². The number of hydrogen-bond acceptors (Lipinski definition) is 2. The maximum absolute atomic E-state index is 11.2. The standard InChI is InChI=1S/C16H25NO/c1-10-7-13(16(4,5)6)8-11(2)15(10)14(17)9-12(3)18/h7-8,14H,9,17H2,1-6H3. The van der Waals surface area contributed by atoms with Crippen molar-refractivity contribution in [3.05, 3.63) is 34.4 Å². The number of hydrogen-bond donors (Lipinski definition) is 1. The zero-order valence-electron chi connectivity index (χ0n) is 12.4. The number of carbonyl (C=O) groups excluding carboxylic acids is 1. The van der Waals surface area contributed by atoms with Gasteiger partial charge in [-0.1, -0.05) is 32.9 Å². The molecule has 0 heterocycles. The predicted molar refractivity (Wildman–Crippen MR) is 76.8 cm³/mol. The zero-order valence-corrected chi connectivity index (χ0v) is 12.4. The molecule has 2 nitrogen and oxygen atoms in total. The molecule has 1 rings (SSSR count). The van der Waals surface area contributed by atoms with Crippen LogP contribution in [0.4, 0.5) is 0 Å². The van der Waals surface area contributed by atoms with E-state index in [1.54, 1.807) is 6.92 Å². The summed E-state index contributed by atoms with van der Waals surface area (Å²) in [5.74, 6) is 0.140. The molecule has 18 heavy (non-hydrogen) atoms. The average molecular weight is 247 g/mol. The second-order valence-electron chi connectivity index (χ2n) is 6.29. The van der Waals surface area contributed by atoms with E-state index in [4.69, 9.17) is 5.73 Å². The van der Waals surface area contributed by atoms with Crippen molar-refractivity contribution in [2.75, 3.05) is 0 Å². The van der Waals surface area contributed by atoms with E-state index in [1.165, 1.54) is 16.7 Å². The van der Waals surface area contributed by atoms with Gasteiger partial charge in [-0.25, -0.2) is 0 Å². The molecule has 2 N–H and O–H groups in total. The number of nitrogens with two attached hydrogens (primary N) is 1. The first-order valence-electron chi connectivity index (χ1n) is 6.49. The number of carbonyl (C=O) groups is 1. The largest absolute Gasteiger partial charge is 0.324 e. The highest BCUT2D eigenvalue weighted by molar-refractivity contribution is 5.76. The Morgan fingerprint density at radius 2 is 1.67 bits per heavy atom. The number of rotatable bonds is 3. The molecule has 0 aromatic heterocycles. The number of aryl methyl sites for hydroxylation is 2. The van der Waals surface area contributed by atoms with Gasteiger partial charge in [0.15, 0.2) is 0 Å². The summed E-state index contributed by atoms with van der Waals surface area (Å²) in [5.41, 5.74) is 11.1. The Labute approximate surface area is 111 Å². The van der Waals surface area contributed by atoms with Gasteiger partial charge < -0.3 is 5.73 Å². The van der Waals surface area contributed by atoms with Crippen molar-refractivity contribution in [3.63, 3.8) is 0 Å². The SMILES string of the molecule is CC(=O)CC(N)c1c(C)cc(C(C)(C)C)cc1C. The molecule has 0 saturated heterocycles. The minimum absolute atomic E-state index is 0.138. The third-order valence-corrected chi connectivity index (χ3v) is 3.34. The second-order valence-corrected chi connectivity index (χ2v) is 6.29. The fourth-order valence-corrected chi connectivity index (χ4v) is 2.40. The van der Waals surface area contributed by atoms with Gasteiger partial charge in [-0.2, -0.15) is 0 Å². The minimum atomic E-state index is -0.184. The van der Waals surface area contributed by atoms with Crippen LogP contribution in [-0.4, -0.2) is 5.78 Å². The van der Waals surface area contributed by atoms with Crippen molar-refractivity contribution < 1.29 is 4.79 Å². The van der Waals surface area contributed by atoms with E-state index in [0.717, 1.165) is 5.56 Å². The summed E-state index contributed by atoms with van der Waals surface area (Å²) in [4.78, 5) is 11.2. The second kappa shape index (κ2) is 5.23. The van der Waals surface area contributed by atoms with Crippen molar-refractivity contribution in [2.24, 2.45) is 5.73 Å². The topological polar surface area (TPSA) is 43.1 Å². The van der Waals surface area contributed by atoms with E-state index in [1.807, 2.05) is 0 Å². The summed E-state index contributed by atoms with van der Waals surface area (Å²) >= 11 is 0. The van der Waals surface area contributed by atoms with Crippen LogP contribution >= 0.6 is 0 Å². The fraction of sp³-hybridized carbons (Fsp3) is 0.562. The summed E-state index contributed by atoms with van der Waals surface area (Å²) in [5, 5.41) is 0. The summed E-state index contributed by atoms with van der Waals surface area (Å²) in [7, 11) is 0. The van der Waals surface area contributed by atoms with Crippen LogP contribution in [0.15, 0.2) is 12.1 Å². The van der Waals surface area contributed by atoms with Crippen LogP contribution in [0.25, 0.3) is 0 Å². The Hall–Kier alpha value is -1.15. The molecule has 1 aromatic carbocycles. The molecule has 0 aliphatic heterocycles. The van der Waals surface area contributed by atoms with E-state index < -0.39 is 0 Å². The molecule has 0 spiro atoms. The van der Waals surface area contributed by atoms with E-state index in [-0.39, 0.29) is 17.2 Å². The highest BCUT2D eigenvalue weighted by Crippen LogP contribution is 2.30. The Morgan fingerprint density at radius 3 is 2.00 bits per heavy atom. The van der Waals surface area contributed by atoms with E-state index >= 15 is 0 Å². The molecule has 100 valence electrons. The summed E-state index contributed by atoms with van der Waals surface area (Å²) in [6.45, 7) is 12.4. The van der Waals surface area contributed by atoms with Crippen molar-refractivity contribution in [1.82, 2.24) is 0 Å². The molecule has 0 aliphatic carbocycles. The summed E-state index contributed by atoms with van der Waals surface area (Å²) < 4.78 is 0. The van der Waals surface area contributed by atoms with Crippen LogP contribution in [-0.2, 0) is 10.2 Å². The summed E-state index contributed by atoms with van der Waals surface area (Å²) in [6.07, 6.45) is 0.413. The Bertz CT molecular complexity index is 432. The third-order valence-electron chi connectivity index (χ3n) is 3.34. The fourth-order valence-electron chi connectivity index (χ4n) is 2.40. The van der Waals surface area contributed by atoms with Crippen LogP contribution in [0, 0.1) is 13.8 Å². The van der Waals surface area contributed by atoms with Gasteiger partial charge in [0.1, 0.15) is 5.78 Å². The van der Waals surface area contributed by atoms with Crippen molar-refractivity contribution >= 4 is 5.78 Å². The monoisotopic (exact) mass is 247 g/mol. The lowest BCUT2D eigenvalue weighted by molar-refractivity contribution is -0.117. The molecular weight excluding hydrogens is 222 g/mol. The van der Waals surface area contributed by atoms with Crippen LogP contribution in [0.3, 0.4) is 0 Å². The lowest BCUT2D eigenvalue weighted by Crippen LogP contribution is -2.18. The lowest BCUT2D eigenvalue weighted by atomic mass is 9.82. The van der Waals surface area contributed by atoms with Gasteiger partial charge in [0.2, 0.25) is 0 Å². The third kappa shape index (κ3) is 3.42. The van der Waals surface area contributed by atoms with Crippen LogP contribution in [0.5, 0.6) is 0 Å². The minimum Gasteiger partial charge on any atom is -0.324 e. The molecule has 0 radical (unpaired) electrons. The first kappa shape index (κ1) is 14.9. The maximum Gasteiger partial charge on any atom is 0.131 e. The van der Waals surface area contributed by atoms with Gasteiger partial charge in [0, 0.05) is 12.5 Å². The summed E-state index contributed by atoms with van der Waals surface area (Å²) in [6, 6.07) is 4.21. The first-order chi connectivity index (χ1) is 8.12. The molecule has 1 aromatic rings. The smallest absolute Gasteiger partial charge is 0.131 e. The van der Waals surface area contributed by atoms with Crippen molar-refractivity contribution in [2.45, 2.75) is 59.4 Å². The quantitative estimate of drug-likeness (QED) is 0.887. The van der Waals surface area contributed by atoms with Gasteiger partial charge in [-0.05, 0) is 48.4 Å². The van der Waals surface area contributed by atoms with Crippen LogP contribution in [0.2, 0.25) is 0 Å². The number of Topliss-reactive ketones (excluding diaryl/α,β-unsaturated/α-hetero) is 1. The van der Waals surface area contributed by atoms with Gasteiger partial charge in [-0.15, -0.1) is 0 Å². The molecule has 0 amide bonds. The molecule has 0 saturated carbocycles. The Kier molecular flexibility index (Phi) is 4.33. The van der Waals surface area contributed by atoms with E-state index in [9.17, 15) is 4.79 Å². The molecule has 0 bridgehead atoms. The van der Waals surface area contributed by atoms with E-state index in [2.05, 4.69) is 46.8 Å². The van der Waals surface area contributed by atoms with Crippen LogP contribution in [0.1, 0.15) is 62.4 Å². The normalized spacial score (nSPS) is 13.5. The van der Waals surface area contributed by atoms with Gasteiger partial charge in [0.25, 0.3) is 0 Å². The first-order valence-corrected chi connectivity index (χ1v) is 6.49. The highest BCUT2D eigenvalue weighted by Gasteiger charge is 2.19. The predicted octanol–water partition coefficient (Wildman–Crippen LogP) is 3.58. The zero-order chi connectivity index (χ0) is 14.1. The maximum atomic E-state index is 11.2. The average Bonchev–Trinajstić information content (AvgIpc) is 2.13. The highest BCUT2D eigenvalue weighted by atomic mass is 16.1. The number of benzene rings is 1. The molecule has 1 atom stereocenters. The van der Waals surface area contributed by atoms with Gasteiger partial charge >= 0.3 is 0 Å². The lowest BCUT2D eigenvalue weighted by Gasteiger charge is -2.24. The number of ketones is 1. The molecule has 1 unspecified atom stereocenters. The van der Waals surface area contributed by atoms with Crippen molar-refractivity contribution in [3.8, 4) is 0 Å². The van der Waals surface area contributed by atoms with Gasteiger partial charge in [0.05, 0.1) is 0 Å². The molecule has 2 heteroatoms. The molecule has 0 aliphatic rings. The van der Waals surface area contributed by atoms with Crippen LogP contribution < -0.4 is 5.73 Å². The van der Waals surface area contributed by atoms with Gasteiger partial charge in [-0.3, -0.25) is 4.79 Å². The van der Waals surface area contributed by atoms with Crippen molar-refractivity contribution in [1.29, 1.82) is 0 Å². The Balaban J connectivity index is 3.20.